The maximum absolute atomic E-state index is 3.87. The molecule has 2 N–H and O–H groups in total. The van der Waals surface area contributed by atoms with Gasteiger partial charge in [-0.15, -0.1) is 0 Å². The van der Waals surface area contributed by atoms with E-state index in [-0.39, 0.29) is 0 Å². The van der Waals surface area contributed by atoms with Crippen LogP contribution in [-0.4, -0.2) is 7.05 Å². The molecule has 0 spiro atoms. The average molecular weight is 156 g/mol. The molecule has 0 saturated carbocycles. The van der Waals surface area contributed by atoms with Crippen LogP contribution in [0, 0.1) is 5.92 Å². The second-order valence-electron chi connectivity index (χ2n) is 3.26. The zero-order chi connectivity index (χ0) is 8.69. The molecule has 0 aliphatic rings. The van der Waals surface area contributed by atoms with Gasteiger partial charge in [0.1, 0.15) is 0 Å². The molecule has 0 aromatic rings. The maximum atomic E-state index is 3.87. The van der Waals surface area contributed by atoms with Crippen molar-refractivity contribution >= 4 is 0 Å². The van der Waals surface area contributed by atoms with Gasteiger partial charge in [0.25, 0.3) is 0 Å². The number of nitrogens with one attached hydrogen (secondary N) is 2. The summed E-state index contributed by atoms with van der Waals surface area (Å²) >= 11 is 0. The lowest BCUT2D eigenvalue weighted by Gasteiger charge is -2.08. The van der Waals surface area contributed by atoms with Crippen LogP contribution >= 0.6 is 0 Å². The molecule has 0 atom stereocenters. The Morgan fingerprint density at radius 3 is 2.55 bits per heavy atom. The summed E-state index contributed by atoms with van der Waals surface area (Å²) in [5.74, 6) is 0.803. The van der Waals surface area contributed by atoms with Crippen molar-refractivity contribution in [3.63, 3.8) is 0 Å². The standard InChI is InChI=1S/C9H20N2/c1-8(2)6-5-7-9(3)11-10-4/h8,10-11H,3,5-7H2,1-2,4H3. The van der Waals surface area contributed by atoms with Crippen LogP contribution < -0.4 is 10.9 Å². The Morgan fingerprint density at radius 1 is 1.45 bits per heavy atom. The molecule has 0 aromatic carbocycles. The summed E-state index contributed by atoms with van der Waals surface area (Å²) in [5, 5.41) is 0. The van der Waals surface area contributed by atoms with E-state index in [1.165, 1.54) is 12.8 Å². The third kappa shape index (κ3) is 7.40. The molecule has 0 aliphatic heterocycles. The predicted molar refractivity (Wildman–Crippen MR) is 50.0 cm³/mol. The van der Waals surface area contributed by atoms with Gasteiger partial charge >= 0.3 is 0 Å². The zero-order valence-corrected chi connectivity index (χ0v) is 7.91. The molecule has 0 amide bonds. The Labute approximate surface area is 70.0 Å². The average Bonchev–Trinajstić information content (AvgIpc) is 1.87. The van der Waals surface area contributed by atoms with Crippen LogP contribution in [0.3, 0.4) is 0 Å². The Bertz CT molecular complexity index is 108. The highest BCUT2D eigenvalue weighted by molar-refractivity contribution is 4.88. The molecule has 0 fully saturated rings. The molecule has 11 heavy (non-hydrogen) atoms. The van der Waals surface area contributed by atoms with E-state index in [1.807, 2.05) is 7.05 Å². The number of rotatable bonds is 6. The summed E-state index contributed by atoms with van der Waals surface area (Å²) in [5.41, 5.74) is 6.91. The molecule has 2 heteroatoms. The molecule has 0 radical (unpaired) electrons. The second-order valence-corrected chi connectivity index (χ2v) is 3.26. The van der Waals surface area contributed by atoms with E-state index in [0.29, 0.717) is 0 Å². The molecule has 0 aliphatic carbocycles. The molecule has 0 saturated heterocycles. The minimum absolute atomic E-state index is 0.803. The number of allylic oxidation sites excluding steroid dienone is 1. The highest BCUT2D eigenvalue weighted by Gasteiger charge is 1.95. The van der Waals surface area contributed by atoms with Gasteiger partial charge in [0, 0.05) is 12.7 Å². The molecular formula is C9H20N2. The summed E-state index contributed by atoms with van der Waals surface area (Å²) in [4.78, 5) is 0. The fourth-order valence-corrected chi connectivity index (χ4v) is 0.963. The lowest BCUT2D eigenvalue weighted by atomic mass is 10.1. The van der Waals surface area contributed by atoms with Crippen LogP contribution in [-0.2, 0) is 0 Å². The van der Waals surface area contributed by atoms with E-state index >= 15 is 0 Å². The number of hydrogen-bond donors (Lipinski definition) is 2. The van der Waals surface area contributed by atoms with Crippen LogP contribution in [0.4, 0.5) is 0 Å². The van der Waals surface area contributed by atoms with Crippen molar-refractivity contribution in [1.82, 2.24) is 10.9 Å². The molecule has 0 rings (SSSR count). The van der Waals surface area contributed by atoms with Crippen molar-refractivity contribution in [3.05, 3.63) is 12.3 Å². The zero-order valence-electron chi connectivity index (χ0n) is 7.91. The lowest BCUT2D eigenvalue weighted by molar-refractivity contribution is 0.538. The van der Waals surface area contributed by atoms with Gasteiger partial charge in [-0.25, -0.2) is 5.43 Å². The molecule has 0 heterocycles. The van der Waals surface area contributed by atoms with Gasteiger partial charge in [-0.05, 0) is 18.8 Å². The van der Waals surface area contributed by atoms with Crippen molar-refractivity contribution < 1.29 is 0 Å². The van der Waals surface area contributed by atoms with E-state index in [0.717, 1.165) is 18.0 Å². The first-order chi connectivity index (χ1) is 5.16. The van der Waals surface area contributed by atoms with Crippen molar-refractivity contribution in [2.45, 2.75) is 33.1 Å². The predicted octanol–water partition coefficient (Wildman–Crippen LogP) is 2.05. The Balaban J connectivity index is 3.17. The summed E-state index contributed by atoms with van der Waals surface area (Å²) < 4.78 is 0. The Kier molecular flexibility index (Phi) is 5.94. The van der Waals surface area contributed by atoms with Crippen LogP contribution in [0.2, 0.25) is 0 Å². The molecule has 2 nitrogen and oxygen atoms in total. The van der Waals surface area contributed by atoms with E-state index in [9.17, 15) is 0 Å². The second kappa shape index (κ2) is 6.23. The van der Waals surface area contributed by atoms with Crippen LogP contribution in [0.15, 0.2) is 12.3 Å². The fraction of sp³-hybridized carbons (Fsp3) is 0.778. The van der Waals surface area contributed by atoms with Gasteiger partial charge in [-0.3, -0.25) is 0 Å². The Morgan fingerprint density at radius 2 is 2.09 bits per heavy atom. The fourth-order valence-electron chi connectivity index (χ4n) is 0.963. The van der Waals surface area contributed by atoms with Crippen molar-refractivity contribution in [2.24, 2.45) is 5.92 Å². The first kappa shape index (κ1) is 10.5. The van der Waals surface area contributed by atoms with Crippen molar-refractivity contribution in [2.75, 3.05) is 7.05 Å². The summed E-state index contributed by atoms with van der Waals surface area (Å²) in [6.45, 7) is 8.36. The van der Waals surface area contributed by atoms with E-state index in [4.69, 9.17) is 0 Å². The number of hydrazine groups is 1. The molecule has 0 aromatic heterocycles. The third-order valence-electron chi connectivity index (χ3n) is 1.56. The monoisotopic (exact) mass is 156 g/mol. The summed E-state index contributed by atoms with van der Waals surface area (Å²) in [6, 6.07) is 0. The molecule has 66 valence electrons. The van der Waals surface area contributed by atoms with Crippen molar-refractivity contribution in [1.29, 1.82) is 0 Å². The number of hydrogen-bond acceptors (Lipinski definition) is 2. The van der Waals surface area contributed by atoms with Gasteiger partial charge in [-0.1, -0.05) is 26.8 Å². The quantitative estimate of drug-likeness (QED) is 0.575. The first-order valence-corrected chi connectivity index (χ1v) is 4.27. The summed E-state index contributed by atoms with van der Waals surface area (Å²) in [7, 11) is 1.85. The SMILES string of the molecule is C=C(CCCC(C)C)NNC. The highest BCUT2D eigenvalue weighted by atomic mass is 15.3. The third-order valence-corrected chi connectivity index (χ3v) is 1.56. The van der Waals surface area contributed by atoms with Gasteiger partial charge in [0.15, 0.2) is 0 Å². The van der Waals surface area contributed by atoms with Crippen molar-refractivity contribution in [3.8, 4) is 0 Å². The van der Waals surface area contributed by atoms with Crippen LogP contribution in [0.25, 0.3) is 0 Å². The van der Waals surface area contributed by atoms with E-state index < -0.39 is 0 Å². The van der Waals surface area contributed by atoms with E-state index in [1.54, 1.807) is 0 Å². The minimum atomic E-state index is 0.803. The van der Waals surface area contributed by atoms with Gasteiger partial charge in [0.05, 0.1) is 0 Å². The molecule has 0 unspecified atom stereocenters. The minimum Gasteiger partial charge on any atom is -0.326 e. The topological polar surface area (TPSA) is 24.1 Å². The van der Waals surface area contributed by atoms with Crippen LogP contribution in [0.5, 0.6) is 0 Å². The Hall–Kier alpha value is -0.500. The van der Waals surface area contributed by atoms with Gasteiger partial charge in [0.2, 0.25) is 0 Å². The summed E-state index contributed by atoms with van der Waals surface area (Å²) in [6.07, 6.45) is 3.58. The normalized spacial score (nSPS) is 10.2. The molecular weight excluding hydrogens is 136 g/mol. The van der Waals surface area contributed by atoms with Crippen LogP contribution in [0.1, 0.15) is 33.1 Å². The van der Waals surface area contributed by atoms with Gasteiger partial charge in [-0.2, -0.15) is 0 Å². The highest BCUT2D eigenvalue weighted by Crippen LogP contribution is 2.08. The smallest absolute Gasteiger partial charge is 0.0190 e. The maximum Gasteiger partial charge on any atom is 0.0190 e. The largest absolute Gasteiger partial charge is 0.326 e. The first-order valence-electron chi connectivity index (χ1n) is 4.27. The molecule has 0 bridgehead atoms. The van der Waals surface area contributed by atoms with E-state index in [2.05, 4.69) is 31.3 Å². The van der Waals surface area contributed by atoms with Gasteiger partial charge < -0.3 is 5.43 Å². The lowest BCUT2D eigenvalue weighted by Crippen LogP contribution is -2.25.